The Kier molecular flexibility index (Phi) is 6.03. The number of hydrogen-bond acceptors (Lipinski definition) is 3. The molecule has 0 atom stereocenters. The third-order valence-electron chi connectivity index (χ3n) is 3.53. The van der Waals surface area contributed by atoms with E-state index in [-0.39, 0.29) is 12.2 Å². The number of alkyl halides is 3. The molecule has 0 spiro atoms. The summed E-state index contributed by atoms with van der Waals surface area (Å²) < 4.78 is 43.9. The van der Waals surface area contributed by atoms with Crippen LogP contribution >= 0.6 is 0 Å². The SMILES string of the molecule is COc1ccc(CN(C)CC(=O)Nc2ccccc2C(F)(F)F)cc1. The van der Waals surface area contributed by atoms with Crippen LogP contribution in [0, 0.1) is 0 Å². The number of nitrogens with zero attached hydrogens (tertiary/aromatic N) is 1. The molecule has 0 aliphatic heterocycles. The van der Waals surface area contributed by atoms with Gasteiger partial charge in [0, 0.05) is 6.54 Å². The Morgan fingerprint density at radius 1 is 1.12 bits per heavy atom. The van der Waals surface area contributed by atoms with Crippen molar-refractivity contribution in [3.8, 4) is 5.75 Å². The van der Waals surface area contributed by atoms with Crippen molar-refractivity contribution in [1.29, 1.82) is 0 Å². The lowest BCUT2D eigenvalue weighted by molar-refractivity contribution is -0.137. The van der Waals surface area contributed by atoms with Gasteiger partial charge in [-0.15, -0.1) is 0 Å². The van der Waals surface area contributed by atoms with Crippen molar-refractivity contribution < 1.29 is 22.7 Å². The largest absolute Gasteiger partial charge is 0.497 e. The number of para-hydroxylation sites is 1. The predicted molar refractivity (Wildman–Crippen MR) is 89.4 cm³/mol. The minimum atomic E-state index is -4.52. The number of nitrogens with one attached hydrogen (secondary N) is 1. The molecule has 134 valence electrons. The number of rotatable bonds is 6. The normalized spacial score (nSPS) is 11.4. The zero-order valence-electron chi connectivity index (χ0n) is 13.9. The fourth-order valence-electron chi connectivity index (χ4n) is 2.37. The number of methoxy groups -OCH3 is 1. The average molecular weight is 352 g/mol. The molecule has 0 aromatic heterocycles. The van der Waals surface area contributed by atoms with Gasteiger partial charge in [0.1, 0.15) is 5.75 Å². The number of halogens is 3. The molecule has 0 saturated heterocycles. The molecule has 7 heteroatoms. The van der Waals surface area contributed by atoms with E-state index in [0.717, 1.165) is 17.4 Å². The zero-order chi connectivity index (χ0) is 18.4. The molecule has 1 amide bonds. The van der Waals surface area contributed by atoms with Crippen molar-refractivity contribution in [2.75, 3.05) is 26.0 Å². The van der Waals surface area contributed by atoms with Gasteiger partial charge in [0.25, 0.3) is 0 Å². The highest BCUT2D eigenvalue weighted by Crippen LogP contribution is 2.34. The van der Waals surface area contributed by atoms with Crippen LogP contribution in [-0.4, -0.2) is 31.5 Å². The molecule has 0 aliphatic carbocycles. The monoisotopic (exact) mass is 352 g/mol. The van der Waals surface area contributed by atoms with Crippen molar-refractivity contribution >= 4 is 11.6 Å². The summed E-state index contributed by atoms with van der Waals surface area (Å²) in [6.07, 6.45) is -4.52. The second-order valence-corrected chi connectivity index (χ2v) is 5.61. The van der Waals surface area contributed by atoms with Crippen molar-refractivity contribution in [3.05, 3.63) is 59.7 Å². The van der Waals surface area contributed by atoms with Crippen molar-refractivity contribution in [1.82, 2.24) is 4.90 Å². The Balaban J connectivity index is 1.96. The molecule has 2 aromatic carbocycles. The summed E-state index contributed by atoms with van der Waals surface area (Å²) in [6, 6.07) is 12.3. The van der Waals surface area contributed by atoms with Gasteiger partial charge in [-0.2, -0.15) is 13.2 Å². The van der Waals surface area contributed by atoms with E-state index in [9.17, 15) is 18.0 Å². The topological polar surface area (TPSA) is 41.6 Å². The number of benzene rings is 2. The quantitative estimate of drug-likeness (QED) is 0.860. The van der Waals surface area contributed by atoms with Crippen LogP contribution in [0.1, 0.15) is 11.1 Å². The number of hydrogen-bond donors (Lipinski definition) is 1. The second-order valence-electron chi connectivity index (χ2n) is 5.61. The fourth-order valence-corrected chi connectivity index (χ4v) is 2.37. The Bertz CT molecular complexity index is 715. The van der Waals surface area contributed by atoms with E-state index in [2.05, 4.69) is 5.32 Å². The number of carbonyl (C=O) groups excluding carboxylic acids is 1. The van der Waals surface area contributed by atoms with Crippen LogP contribution in [0.15, 0.2) is 48.5 Å². The van der Waals surface area contributed by atoms with Gasteiger partial charge in [-0.1, -0.05) is 24.3 Å². The molecular formula is C18H19F3N2O2. The smallest absolute Gasteiger partial charge is 0.418 e. The van der Waals surface area contributed by atoms with Gasteiger partial charge in [0.15, 0.2) is 0 Å². The van der Waals surface area contributed by atoms with E-state index in [1.54, 1.807) is 19.1 Å². The summed E-state index contributed by atoms with van der Waals surface area (Å²) in [5.74, 6) is 0.223. The third kappa shape index (κ3) is 5.49. The van der Waals surface area contributed by atoms with Crippen LogP contribution in [0.2, 0.25) is 0 Å². The molecule has 2 aromatic rings. The Labute approximate surface area is 144 Å². The molecular weight excluding hydrogens is 333 g/mol. The Morgan fingerprint density at radius 3 is 2.36 bits per heavy atom. The number of likely N-dealkylation sites (N-methyl/N-ethyl adjacent to an activating group) is 1. The molecule has 2 rings (SSSR count). The molecule has 0 radical (unpaired) electrons. The van der Waals surface area contributed by atoms with Gasteiger partial charge in [0.05, 0.1) is 24.9 Å². The van der Waals surface area contributed by atoms with Crippen LogP contribution < -0.4 is 10.1 Å². The number of amides is 1. The molecule has 4 nitrogen and oxygen atoms in total. The second kappa shape index (κ2) is 8.02. The minimum Gasteiger partial charge on any atom is -0.497 e. The number of carbonyl (C=O) groups is 1. The lowest BCUT2D eigenvalue weighted by atomic mass is 10.1. The molecule has 0 aliphatic rings. The summed E-state index contributed by atoms with van der Waals surface area (Å²) in [6.45, 7) is 0.455. The van der Waals surface area contributed by atoms with Crippen LogP contribution in [0.4, 0.5) is 18.9 Å². The standard InChI is InChI=1S/C18H19F3N2O2/c1-23(11-13-7-9-14(25-2)10-8-13)12-17(24)22-16-6-4-3-5-15(16)18(19,20)21/h3-10H,11-12H2,1-2H3,(H,22,24). The molecule has 1 N–H and O–H groups in total. The fraction of sp³-hybridized carbons (Fsp3) is 0.278. The van der Waals surface area contributed by atoms with Gasteiger partial charge in [-0.05, 0) is 36.9 Å². The van der Waals surface area contributed by atoms with E-state index in [1.807, 2.05) is 24.3 Å². The number of anilines is 1. The summed E-state index contributed by atoms with van der Waals surface area (Å²) in [5.41, 5.74) is -0.134. The molecule has 0 heterocycles. The first kappa shape index (κ1) is 18.8. The van der Waals surface area contributed by atoms with Gasteiger partial charge in [-0.25, -0.2) is 0 Å². The van der Waals surface area contributed by atoms with Crippen LogP contribution in [0.3, 0.4) is 0 Å². The van der Waals surface area contributed by atoms with Gasteiger partial charge in [-0.3, -0.25) is 9.69 Å². The molecule has 0 fully saturated rings. The molecule has 25 heavy (non-hydrogen) atoms. The molecule has 0 bridgehead atoms. The summed E-state index contributed by atoms with van der Waals surface area (Å²) >= 11 is 0. The van der Waals surface area contributed by atoms with E-state index in [1.165, 1.54) is 18.2 Å². The summed E-state index contributed by atoms with van der Waals surface area (Å²) in [5, 5.41) is 2.33. The van der Waals surface area contributed by atoms with Crippen LogP contribution in [0.5, 0.6) is 5.75 Å². The lowest BCUT2D eigenvalue weighted by Gasteiger charge is -2.18. The predicted octanol–water partition coefficient (Wildman–Crippen LogP) is 3.78. The Morgan fingerprint density at radius 2 is 1.76 bits per heavy atom. The third-order valence-corrected chi connectivity index (χ3v) is 3.53. The lowest BCUT2D eigenvalue weighted by Crippen LogP contribution is -2.30. The number of ether oxygens (including phenoxy) is 1. The average Bonchev–Trinajstić information content (AvgIpc) is 2.54. The first-order chi connectivity index (χ1) is 11.8. The van der Waals surface area contributed by atoms with E-state index in [4.69, 9.17) is 4.74 Å². The highest BCUT2D eigenvalue weighted by atomic mass is 19.4. The van der Waals surface area contributed by atoms with Crippen molar-refractivity contribution in [2.24, 2.45) is 0 Å². The first-order valence-electron chi connectivity index (χ1n) is 7.57. The van der Waals surface area contributed by atoms with Crippen molar-refractivity contribution in [2.45, 2.75) is 12.7 Å². The highest BCUT2D eigenvalue weighted by Gasteiger charge is 2.33. The first-order valence-corrected chi connectivity index (χ1v) is 7.57. The van der Waals surface area contributed by atoms with Crippen molar-refractivity contribution in [3.63, 3.8) is 0 Å². The van der Waals surface area contributed by atoms with E-state index < -0.39 is 17.6 Å². The van der Waals surface area contributed by atoms with Crippen LogP contribution in [-0.2, 0) is 17.5 Å². The zero-order valence-corrected chi connectivity index (χ0v) is 13.9. The van der Waals surface area contributed by atoms with Gasteiger partial charge < -0.3 is 10.1 Å². The maximum Gasteiger partial charge on any atom is 0.418 e. The van der Waals surface area contributed by atoms with E-state index >= 15 is 0 Å². The summed E-state index contributed by atoms with van der Waals surface area (Å²) in [4.78, 5) is 13.8. The maximum absolute atomic E-state index is 12.9. The van der Waals surface area contributed by atoms with E-state index in [0.29, 0.717) is 6.54 Å². The highest BCUT2D eigenvalue weighted by molar-refractivity contribution is 5.93. The molecule has 0 unspecified atom stereocenters. The summed E-state index contributed by atoms with van der Waals surface area (Å²) in [7, 11) is 3.30. The molecule has 0 saturated carbocycles. The maximum atomic E-state index is 12.9. The Hall–Kier alpha value is -2.54. The minimum absolute atomic E-state index is 0.0295. The van der Waals surface area contributed by atoms with Crippen LogP contribution in [0.25, 0.3) is 0 Å². The van der Waals surface area contributed by atoms with Gasteiger partial charge in [0.2, 0.25) is 5.91 Å². The van der Waals surface area contributed by atoms with Gasteiger partial charge >= 0.3 is 6.18 Å².